The predicted octanol–water partition coefficient (Wildman–Crippen LogP) is 2.62. The van der Waals surface area contributed by atoms with Crippen molar-refractivity contribution < 1.29 is 9.59 Å². The van der Waals surface area contributed by atoms with Gasteiger partial charge in [-0.05, 0) is 38.8 Å². The Balaban J connectivity index is 1.86. The van der Waals surface area contributed by atoms with Gasteiger partial charge < -0.3 is 10.2 Å². The van der Waals surface area contributed by atoms with Crippen molar-refractivity contribution in [1.82, 2.24) is 10.2 Å². The number of amides is 1. The second-order valence-corrected chi connectivity index (χ2v) is 7.95. The summed E-state index contributed by atoms with van der Waals surface area (Å²) in [6.07, 6.45) is 6.43. The zero-order valence-electron chi connectivity index (χ0n) is 14.5. The second-order valence-electron chi connectivity index (χ2n) is 7.95. The van der Waals surface area contributed by atoms with Crippen molar-refractivity contribution >= 4 is 11.7 Å². The summed E-state index contributed by atoms with van der Waals surface area (Å²) in [6.45, 7) is 9.86. The topological polar surface area (TPSA) is 49.4 Å². The summed E-state index contributed by atoms with van der Waals surface area (Å²) < 4.78 is 0. The fourth-order valence-corrected chi connectivity index (χ4v) is 3.79. The normalized spacial score (nSPS) is 26.9. The number of nitrogens with one attached hydrogen (secondary N) is 1. The maximum atomic E-state index is 12.6. The highest BCUT2D eigenvalue weighted by atomic mass is 16.2. The zero-order chi connectivity index (χ0) is 16.2. The molecule has 22 heavy (non-hydrogen) atoms. The average Bonchev–Trinajstić information content (AvgIpc) is 2.98. The van der Waals surface area contributed by atoms with Crippen LogP contribution in [0.3, 0.4) is 0 Å². The molecule has 1 amide bonds. The molecule has 4 nitrogen and oxygen atoms in total. The van der Waals surface area contributed by atoms with Crippen LogP contribution in [0.15, 0.2) is 0 Å². The molecular formula is C18H32N2O2. The predicted molar refractivity (Wildman–Crippen MR) is 88.6 cm³/mol. The van der Waals surface area contributed by atoms with Gasteiger partial charge in [-0.3, -0.25) is 9.59 Å². The van der Waals surface area contributed by atoms with Crippen molar-refractivity contribution in [3.05, 3.63) is 0 Å². The van der Waals surface area contributed by atoms with Gasteiger partial charge >= 0.3 is 0 Å². The third-order valence-electron chi connectivity index (χ3n) is 5.10. The van der Waals surface area contributed by atoms with E-state index in [2.05, 4.69) is 10.2 Å². The van der Waals surface area contributed by atoms with E-state index in [4.69, 9.17) is 0 Å². The first-order valence-electron chi connectivity index (χ1n) is 8.94. The Morgan fingerprint density at radius 2 is 1.59 bits per heavy atom. The number of Topliss-reactive ketones (excluding diaryl/α,β-unsaturated/α-hetero) is 1. The van der Waals surface area contributed by atoms with Crippen LogP contribution in [0.2, 0.25) is 0 Å². The molecule has 2 aliphatic rings. The van der Waals surface area contributed by atoms with Crippen LogP contribution in [0, 0.1) is 17.3 Å². The van der Waals surface area contributed by atoms with Crippen LogP contribution in [-0.2, 0) is 9.59 Å². The lowest BCUT2D eigenvalue weighted by Gasteiger charge is -2.33. The standard InChI is InChI=1S/C18H32N2O2/c1-18(2,3)16(21)14-8-4-5-9-15(14)17(22)19-10-13-20-11-6-7-12-20/h14-15H,4-13H2,1-3H3,(H,19,22)/t14-,15+/m1/s1. The van der Waals surface area contributed by atoms with Crippen molar-refractivity contribution in [2.24, 2.45) is 17.3 Å². The molecule has 0 aromatic carbocycles. The maximum Gasteiger partial charge on any atom is 0.223 e. The summed E-state index contributed by atoms with van der Waals surface area (Å²) in [5.74, 6) is 0.160. The minimum absolute atomic E-state index is 0.0828. The SMILES string of the molecule is CC(C)(C)C(=O)[C@@H]1CCCC[C@@H]1C(=O)NCCN1CCCC1. The lowest BCUT2D eigenvalue weighted by Crippen LogP contribution is -2.44. The Hall–Kier alpha value is -0.900. The number of carbonyl (C=O) groups excluding carboxylic acids is 2. The first-order chi connectivity index (χ1) is 10.4. The highest BCUT2D eigenvalue weighted by Crippen LogP contribution is 2.35. The number of likely N-dealkylation sites (tertiary alicyclic amines) is 1. The van der Waals surface area contributed by atoms with E-state index < -0.39 is 0 Å². The van der Waals surface area contributed by atoms with E-state index in [1.807, 2.05) is 20.8 Å². The lowest BCUT2D eigenvalue weighted by atomic mass is 9.70. The third kappa shape index (κ3) is 4.55. The van der Waals surface area contributed by atoms with Gasteiger partial charge in [0, 0.05) is 30.3 Å². The fraction of sp³-hybridized carbons (Fsp3) is 0.889. The van der Waals surface area contributed by atoms with E-state index in [1.165, 1.54) is 12.8 Å². The molecule has 2 rings (SSSR count). The molecule has 126 valence electrons. The highest BCUT2D eigenvalue weighted by molar-refractivity contribution is 5.91. The van der Waals surface area contributed by atoms with Crippen LogP contribution in [0.1, 0.15) is 59.3 Å². The Kier molecular flexibility index (Phi) is 6.01. The molecule has 2 fully saturated rings. The van der Waals surface area contributed by atoms with Gasteiger partial charge in [0.25, 0.3) is 0 Å². The number of hydrogen-bond acceptors (Lipinski definition) is 3. The van der Waals surface area contributed by atoms with E-state index in [0.29, 0.717) is 6.54 Å². The summed E-state index contributed by atoms with van der Waals surface area (Å²) in [4.78, 5) is 27.6. The van der Waals surface area contributed by atoms with Gasteiger partial charge in [0.15, 0.2) is 0 Å². The van der Waals surface area contributed by atoms with E-state index >= 15 is 0 Å². The molecular weight excluding hydrogens is 276 g/mol. The maximum absolute atomic E-state index is 12.6. The largest absolute Gasteiger partial charge is 0.355 e. The van der Waals surface area contributed by atoms with Gasteiger partial charge in [-0.15, -0.1) is 0 Å². The lowest BCUT2D eigenvalue weighted by molar-refractivity contribution is -0.139. The second kappa shape index (κ2) is 7.58. The quantitative estimate of drug-likeness (QED) is 0.849. The Labute approximate surface area is 135 Å². The van der Waals surface area contributed by atoms with Crippen molar-refractivity contribution in [3.63, 3.8) is 0 Å². The Morgan fingerprint density at radius 1 is 1.00 bits per heavy atom. The summed E-state index contributed by atoms with van der Waals surface area (Å²) in [5.41, 5.74) is -0.351. The van der Waals surface area contributed by atoms with Crippen LogP contribution in [0.25, 0.3) is 0 Å². The first-order valence-corrected chi connectivity index (χ1v) is 8.94. The van der Waals surface area contributed by atoms with Crippen LogP contribution >= 0.6 is 0 Å². The minimum Gasteiger partial charge on any atom is -0.355 e. The third-order valence-corrected chi connectivity index (χ3v) is 5.10. The summed E-state index contributed by atoms with van der Waals surface area (Å²) in [7, 11) is 0. The van der Waals surface area contributed by atoms with Crippen LogP contribution in [0.5, 0.6) is 0 Å². The summed E-state index contributed by atoms with van der Waals surface area (Å²) >= 11 is 0. The number of carbonyl (C=O) groups is 2. The summed E-state index contributed by atoms with van der Waals surface area (Å²) in [6, 6.07) is 0. The minimum atomic E-state index is -0.351. The van der Waals surface area contributed by atoms with E-state index in [1.54, 1.807) is 0 Å². The van der Waals surface area contributed by atoms with Gasteiger partial charge in [0.2, 0.25) is 5.91 Å². The average molecular weight is 308 g/mol. The molecule has 0 unspecified atom stereocenters. The zero-order valence-corrected chi connectivity index (χ0v) is 14.5. The monoisotopic (exact) mass is 308 g/mol. The molecule has 1 aliphatic heterocycles. The van der Waals surface area contributed by atoms with Gasteiger partial charge in [-0.2, -0.15) is 0 Å². The molecule has 2 atom stereocenters. The summed E-state index contributed by atoms with van der Waals surface area (Å²) in [5, 5.41) is 3.08. The van der Waals surface area contributed by atoms with Gasteiger partial charge in [0.1, 0.15) is 5.78 Å². The fourth-order valence-electron chi connectivity index (χ4n) is 3.79. The van der Waals surface area contributed by atoms with E-state index in [0.717, 1.165) is 45.3 Å². The van der Waals surface area contributed by atoms with Crippen molar-refractivity contribution in [3.8, 4) is 0 Å². The molecule has 0 spiro atoms. The van der Waals surface area contributed by atoms with Crippen molar-refractivity contribution in [2.45, 2.75) is 59.3 Å². The Morgan fingerprint density at radius 3 is 2.18 bits per heavy atom. The van der Waals surface area contributed by atoms with E-state index in [9.17, 15) is 9.59 Å². The van der Waals surface area contributed by atoms with Crippen molar-refractivity contribution in [2.75, 3.05) is 26.2 Å². The molecule has 1 saturated heterocycles. The van der Waals surface area contributed by atoms with Crippen LogP contribution < -0.4 is 5.32 Å². The first kappa shape index (κ1) is 17.5. The number of rotatable bonds is 5. The molecule has 0 radical (unpaired) electrons. The molecule has 1 aliphatic carbocycles. The van der Waals surface area contributed by atoms with Crippen molar-refractivity contribution in [1.29, 1.82) is 0 Å². The molecule has 1 N–H and O–H groups in total. The number of ketones is 1. The van der Waals surface area contributed by atoms with Gasteiger partial charge in [-0.1, -0.05) is 33.6 Å². The molecule has 1 heterocycles. The van der Waals surface area contributed by atoms with Crippen LogP contribution in [0.4, 0.5) is 0 Å². The molecule has 1 saturated carbocycles. The molecule has 0 bridgehead atoms. The molecule has 0 aromatic rings. The number of nitrogens with zero attached hydrogens (tertiary/aromatic N) is 1. The Bertz CT molecular complexity index is 394. The molecule has 0 aromatic heterocycles. The smallest absolute Gasteiger partial charge is 0.223 e. The van der Waals surface area contributed by atoms with Gasteiger partial charge in [0.05, 0.1) is 0 Å². The highest BCUT2D eigenvalue weighted by Gasteiger charge is 2.39. The number of hydrogen-bond donors (Lipinski definition) is 1. The van der Waals surface area contributed by atoms with Gasteiger partial charge in [-0.25, -0.2) is 0 Å². The van der Waals surface area contributed by atoms with Crippen LogP contribution in [-0.4, -0.2) is 42.8 Å². The van der Waals surface area contributed by atoms with E-state index in [-0.39, 0.29) is 28.9 Å². The molecule has 4 heteroatoms.